The van der Waals surface area contributed by atoms with Crippen molar-refractivity contribution in [3.63, 3.8) is 0 Å². The second-order valence-electron chi connectivity index (χ2n) is 3.99. The molecule has 0 aliphatic carbocycles. The molecular weight excluding hydrogens is 176 g/mol. The maximum Gasteiger partial charge on any atom is 0.0487 e. The summed E-state index contributed by atoms with van der Waals surface area (Å²) in [5.74, 6) is 8.17. The minimum atomic E-state index is 0.188. The third-order valence-electron chi connectivity index (χ3n) is 2.92. The van der Waals surface area contributed by atoms with E-state index in [4.69, 9.17) is 12.3 Å². The van der Waals surface area contributed by atoms with Gasteiger partial charge in [0.25, 0.3) is 0 Å². The van der Waals surface area contributed by atoms with Crippen LogP contribution in [0.2, 0.25) is 0 Å². The summed E-state index contributed by atoms with van der Waals surface area (Å²) < 4.78 is 0. The first-order valence-corrected chi connectivity index (χ1v) is 4.97. The van der Waals surface area contributed by atoms with E-state index in [0.29, 0.717) is 12.5 Å². The Morgan fingerprint density at radius 2 is 2.29 bits per heavy atom. The number of terminal acetylenes is 1. The molecule has 0 aromatic carbocycles. The highest BCUT2D eigenvalue weighted by Crippen LogP contribution is 2.11. The highest BCUT2D eigenvalue weighted by Gasteiger charge is 2.28. The number of hydrazine groups is 1. The van der Waals surface area contributed by atoms with Crippen LogP contribution in [0.4, 0.5) is 0 Å². The predicted octanol–water partition coefficient (Wildman–Crippen LogP) is -0.913. The lowest BCUT2D eigenvalue weighted by Gasteiger charge is -2.41. The molecule has 2 unspecified atom stereocenters. The summed E-state index contributed by atoms with van der Waals surface area (Å²) in [5.41, 5.74) is 2.81. The van der Waals surface area contributed by atoms with Gasteiger partial charge in [0.15, 0.2) is 0 Å². The highest BCUT2D eigenvalue weighted by atomic mass is 15.3. The minimum Gasteiger partial charge on any atom is -0.303 e. The minimum absolute atomic E-state index is 0.188. The Morgan fingerprint density at radius 1 is 1.57 bits per heavy atom. The van der Waals surface area contributed by atoms with Gasteiger partial charge in [-0.05, 0) is 14.1 Å². The molecule has 1 aliphatic heterocycles. The summed E-state index contributed by atoms with van der Waals surface area (Å²) in [6, 6.07) is 0.600. The maximum absolute atomic E-state index is 5.51. The molecule has 1 heterocycles. The summed E-state index contributed by atoms with van der Waals surface area (Å²) in [4.78, 5) is 4.63. The molecule has 1 aliphatic rings. The normalized spacial score (nSPS) is 27.1. The zero-order valence-electron chi connectivity index (χ0n) is 9.03. The molecule has 4 nitrogen and oxygen atoms in total. The SMILES string of the molecule is C#CCC(NN)C1CN(C)CCN1C. The van der Waals surface area contributed by atoms with Gasteiger partial charge in [-0.1, -0.05) is 0 Å². The van der Waals surface area contributed by atoms with Gasteiger partial charge in [-0.15, -0.1) is 12.3 Å². The standard InChI is InChI=1S/C10H20N4/c1-4-5-9(12-11)10-8-13(2)6-7-14(10)3/h1,9-10,12H,5-8,11H2,2-3H3. The third kappa shape index (κ3) is 2.69. The van der Waals surface area contributed by atoms with Crippen molar-refractivity contribution in [3.8, 4) is 12.3 Å². The molecule has 1 fully saturated rings. The van der Waals surface area contributed by atoms with Crippen LogP contribution in [0, 0.1) is 12.3 Å². The van der Waals surface area contributed by atoms with Crippen molar-refractivity contribution >= 4 is 0 Å². The van der Waals surface area contributed by atoms with Gasteiger partial charge in [-0.2, -0.15) is 0 Å². The first kappa shape index (κ1) is 11.5. The van der Waals surface area contributed by atoms with Crippen LogP contribution in [0.5, 0.6) is 0 Å². The van der Waals surface area contributed by atoms with Crippen molar-refractivity contribution in [2.75, 3.05) is 33.7 Å². The number of nitrogens with two attached hydrogens (primary N) is 1. The van der Waals surface area contributed by atoms with Crippen LogP contribution in [0.15, 0.2) is 0 Å². The lowest BCUT2D eigenvalue weighted by atomic mass is 10.0. The molecule has 1 rings (SSSR count). The van der Waals surface area contributed by atoms with Crippen LogP contribution in [-0.2, 0) is 0 Å². The number of nitrogens with one attached hydrogen (secondary N) is 1. The van der Waals surface area contributed by atoms with Gasteiger partial charge in [0.2, 0.25) is 0 Å². The Labute approximate surface area is 86.4 Å². The monoisotopic (exact) mass is 196 g/mol. The van der Waals surface area contributed by atoms with E-state index < -0.39 is 0 Å². The Kier molecular flexibility index (Phi) is 4.36. The number of rotatable bonds is 3. The van der Waals surface area contributed by atoms with Crippen molar-refractivity contribution in [3.05, 3.63) is 0 Å². The number of likely N-dealkylation sites (N-methyl/N-ethyl adjacent to an activating group) is 2. The second kappa shape index (κ2) is 5.32. The van der Waals surface area contributed by atoms with Crippen LogP contribution in [-0.4, -0.2) is 55.6 Å². The lowest BCUT2D eigenvalue weighted by molar-refractivity contribution is 0.0889. The summed E-state index contributed by atoms with van der Waals surface area (Å²) in [5, 5.41) is 0. The van der Waals surface area contributed by atoms with E-state index in [-0.39, 0.29) is 6.04 Å². The van der Waals surface area contributed by atoms with E-state index in [2.05, 4.69) is 35.2 Å². The number of hydrogen-bond donors (Lipinski definition) is 2. The Hall–Kier alpha value is -0.600. The average Bonchev–Trinajstić information content (AvgIpc) is 2.18. The van der Waals surface area contributed by atoms with Gasteiger partial charge in [-0.25, -0.2) is 0 Å². The second-order valence-corrected chi connectivity index (χ2v) is 3.99. The fraction of sp³-hybridized carbons (Fsp3) is 0.800. The molecule has 0 radical (unpaired) electrons. The molecule has 0 saturated carbocycles. The Morgan fingerprint density at radius 3 is 2.86 bits per heavy atom. The van der Waals surface area contributed by atoms with Crippen LogP contribution in [0.3, 0.4) is 0 Å². The van der Waals surface area contributed by atoms with E-state index >= 15 is 0 Å². The summed E-state index contributed by atoms with van der Waals surface area (Å²) in [6.45, 7) is 3.21. The molecule has 0 bridgehead atoms. The van der Waals surface area contributed by atoms with Gasteiger partial charge in [-0.3, -0.25) is 16.2 Å². The van der Waals surface area contributed by atoms with Gasteiger partial charge in [0, 0.05) is 38.1 Å². The van der Waals surface area contributed by atoms with E-state index in [1.807, 2.05) is 0 Å². The first-order chi connectivity index (χ1) is 6.69. The van der Waals surface area contributed by atoms with Crippen LogP contribution in [0.1, 0.15) is 6.42 Å². The molecule has 1 saturated heterocycles. The Balaban J connectivity index is 2.58. The third-order valence-corrected chi connectivity index (χ3v) is 2.92. The van der Waals surface area contributed by atoms with Crippen LogP contribution < -0.4 is 11.3 Å². The topological polar surface area (TPSA) is 44.5 Å². The molecule has 3 N–H and O–H groups in total. The largest absolute Gasteiger partial charge is 0.303 e. The Bertz CT molecular complexity index is 211. The summed E-state index contributed by atoms with van der Waals surface area (Å²) in [6.07, 6.45) is 5.99. The molecule has 4 heteroatoms. The number of piperazine rings is 1. The van der Waals surface area contributed by atoms with E-state index in [0.717, 1.165) is 19.6 Å². The van der Waals surface area contributed by atoms with Gasteiger partial charge in [0.1, 0.15) is 0 Å². The smallest absolute Gasteiger partial charge is 0.0487 e. The number of nitrogens with zero attached hydrogens (tertiary/aromatic N) is 2. The summed E-state index contributed by atoms with van der Waals surface area (Å²) >= 11 is 0. The number of hydrogen-bond acceptors (Lipinski definition) is 4. The molecule has 0 spiro atoms. The van der Waals surface area contributed by atoms with E-state index in [1.165, 1.54) is 0 Å². The van der Waals surface area contributed by atoms with Gasteiger partial charge in [0.05, 0.1) is 0 Å². The first-order valence-electron chi connectivity index (χ1n) is 4.97. The van der Waals surface area contributed by atoms with E-state index in [1.54, 1.807) is 0 Å². The predicted molar refractivity (Wildman–Crippen MR) is 58.5 cm³/mol. The van der Waals surface area contributed by atoms with Crippen LogP contribution >= 0.6 is 0 Å². The molecule has 0 aromatic rings. The van der Waals surface area contributed by atoms with Gasteiger partial charge < -0.3 is 4.90 Å². The molecule has 14 heavy (non-hydrogen) atoms. The fourth-order valence-electron chi connectivity index (χ4n) is 1.91. The molecule has 0 amide bonds. The molecule has 2 atom stereocenters. The zero-order chi connectivity index (χ0) is 10.6. The van der Waals surface area contributed by atoms with Crippen molar-refractivity contribution in [2.24, 2.45) is 5.84 Å². The molecular formula is C10H20N4. The highest BCUT2D eigenvalue weighted by molar-refractivity contribution is 4.96. The van der Waals surface area contributed by atoms with Gasteiger partial charge >= 0.3 is 0 Å². The maximum atomic E-state index is 5.51. The summed E-state index contributed by atoms with van der Waals surface area (Å²) in [7, 11) is 4.25. The quantitative estimate of drug-likeness (QED) is 0.348. The van der Waals surface area contributed by atoms with E-state index in [9.17, 15) is 0 Å². The zero-order valence-corrected chi connectivity index (χ0v) is 9.03. The van der Waals surface area contributed by atoms with Crippen molar-refractivity contribution < 1.29 is 0 Å². The molecule has 0 aromatic heterocycles. The molecule has 80 valence electrons. The van der Waals surface area contributed by atoms with Crippen molar-refractivity contribution in [1.29, 1.82) is 0 Å². The van der Waals surface area contributed by atoms with Crippen LogP contribution in [0.25, 0.3) is 0 Å². The fourth-order valence-corrected chi connectivity index (χ4v) is 1.91. The van der Waals surface area contributed by atoms with Crippen molar-refractivity contribution in [2.45, 2.75) is 18.5 Å². The average molecular weight is 196 g/mol. The van der Waals surface area contributed by atoms with Crippen molar-refractivity contribution in [1.82, 2.24) is 15.2 Å². The lowest BCUT2D eigenvalue weighted by Crippen LogP contribution is -2.59.